The maximum Gasteiger partial charge on any atom is 0.228 e. The molecule has 2 aromatic carbocycles. The number of aryl methyl sites for hydroxylation is 1. The molecule has 0 radical (unpaired) electrons. The number of pyridine rings is 1. The van der Waals surface area contributed by atoms with Gasteiger partial charge in [-0.15, -0.1) is 0 Å². The van der Waals surface area contributed by atoms with Crippen LogP contribution in [0.5, 0.6) is 11.5 Å². The fourth-order valence-electron chi connectivity index (χ4n) is 3.63. The van der Waals surface area contributed by atoms with Crippen LogP contribution in [0, 0.1) is 11.7 Å². The van der Waals surface area contributed by atoms with Crippen molar-refractivity contribution in [1.29, 1.82) is 4.78 Å². The summed E-state index contributed by atoms with van der Waals surface area (Å²) in [6, 6.07) is 12.5. The maximum absolute atomic E-state index is 12.6. The Balaban J connectivity index is 1.50. The first-order chi connectivity index (χ1) is 16.4. The summed E-state index contributed by atoms with van der Waals surface area (Å²) >= 11 is 0. The Labute approximate surface area is 205 Å². The minimum absolute atomic E-state index is 0.127. The maximum atomic E-state index is 12.6. The van der Waals surface area contributed by atoms with Crippen LogP contribution in [0.1, 0.15) is 31.9 Å². The fourth-order valence-corrected chi connectivity index (χ4v) is 4.30. The zero-order valence-electron chi connectivity index (χ0n) is 20.5. The van der Waals surface area contributed by atoms with E-state index in [0.29, 0.717) is 33.0 Å². The van der Waals surface area contributed by atoms with Crippen LogP contribution in [0.4, 0.5) is 5.69 Å². The average Bonchev–Trinajstić information content (AvgIpc) is 3.24. The third kappa shape index (κ3) is 5.68. The van der Waals surface area contributed by atoms with E-state index >= 15 is 0 Å². The van der Waals surface area contributed by atoms with Crippen molar-refractivity contribution in [3.05, 3.63) is 72.2 Å². The van der Waals surface area contributed by atoms with E-state index < -0.39 is 9.73 Å². The first kappa shape index (κ1) is 24.4. The van der Waals surface area contributed by atoms with Gasteiger partial charge < -0.3 is 10.1 Å². The second-order valence-corrected chi connectivity index (χ2v) is 11.8. The van der Waals surface area contributed by atoms with E-state index in [2.05, 4.69) is 15.4 Å². The first-order valence-electron chi connectivity index (χ1n) is 11.1. The van der Waals surface area contributed by atoms with E-state index in [1.165, 1.54) is 6.26 Å². The van der Waals surface area contributed by atoms with Crippen molar-refractivity contribution in [3.63, 3.8) is 0 Å². The molecule has 8 nitrogen and oxygen atoms in total. The number of ether oxygens (including phenoxy) is 1. The molecule has 4 aromatic rings. The molecule has 9 heteroatoms. The van der Waals surface area contributed by atoms with Crippen molar-refractivity contribution in [1.82, 2.24) is 14.8 Å². The summed E-state index contributed by atoms with van der Waals surface area (Å²) in [5, 5.41) is 7.89. The third-order valence-electron chi connectivity index (χ3n) is 5.50. The lowest BCUT2D eigenvalue weighted by atomic mass is 10.1. The van der Waals surface area contributed by atoms with Crippen molar-refractivity contribution in [2.75, 3.05) is 11.6 Å². The van der Waals surface area contributed by atoms with E-state index in [4.69, 9.17) is 9.52 Å². The second-order valence-electron chi connectivity index (χ2n) is 9.60. The molecule has 0 bridgehead atoms. The first-order valence-corrected chi connectivity index (χ1v) is 13.1. The van der Waals surface area contributed by atoms with Crippen LogP contribution in [0.3, 0.4) is 0 Å². The van der Waals surface area contributed by atoms with Crippen LogP contribution in [0.15, 0.2) is 66.0 Å². The van der Waals surface area contributed by atoms with Crippen LogP contribution in [-0.4, -0.2) is 31.1 Å². The Morgan fingerprint density at radius 3 is 2.57 bits per heavy atom. The summed E-state index contributed by atoms with van der Waals surface area (Å²) in [4.78, 5) is 17.3. The van der Waals surface area contributed by atoms with E-state index in [9.17, 15) is 9.00 Å². The molecule has 182 valence electrons. The number of rotatable bonds is 6. The lowest BCUT2D eigenvalue weighted by Gasteiger charge is -2.18. The summed E-state index contributed by atoms with van der Waals surface area (Å²) in [6.07, 6.45) is 6.73. The molecule has 0 aliphatic heterocycles. The molecule has 0 saturated carbocycles. The van der Waals surface area contributed by atoms with Gasteiger partial charge in [0.2, 0.25) is 5.91 Å². The highest BCUT2D eigenvalue weighted by atomic mass is 32.2. The molecule has 2 N–H and O–H groups in total. The van der Waals surface area contributed by atoms with Crippen LogP contribution < -0.4 is 10.1 Å². The summed E-state index contributed by atoms with van der Waals surface area (Å²) in [6.45, 7) is 8.05. The molecule has 1 atom stereocenters. The van der Waals surface area contributed by atoms with Crippen molar-refractivity contribution in [2.24, 2.45) is 0 Å². The molecule has 4 rings (SSSR count). The highest BCUT2D eigenvalue weighted by Gasteiger charge is 2.15. The number of anilines is 1. The van der Waals surface area contributed by atoms with E-state index in [-0.39, 0.29) is 17.9 Å². The Morgan fingerprint density at radius 1 is 1.14 bits per heavy atom. The SMILES string of the molecule is Cc1cc(CC(=O)Nc2cnn(C(C)(C)C)c2)ccc1Oc1ccnc2ccc(S(C)(=N)=O)cc12. The quantitative estimate of drug-likeness (QED) is 0.370. The molecule has 35 heavy (non-hydrogen) atoms. The number of nitrogens with one attached hydrogen (secondary N) is 2. The topological polar surface area (TPSA) is 110 Å². The van der Waals surface area contributed by atoms with Gasteiger partial charge in [-0.3, -0.25) is 14.5 Å². The molecule has 0 fully saturated rings. The molecule has 0 aliphatic rings. The second kappa shape index (κ2) is 9.14. The number of fused-ring (bicyclic) bond motifs is 1. The molecular formula is C26H29N5O3S. The van der Waals surface area contributed by atoms with E-state index in [1.807, 2.05) is 56.8 Å². The Kier molecular flexibility index (Phi) is 6.38. The minimum atomic E-state index is -2.86. The number of benzene rings is 2. The Morgan fingerprint density at radius 2 is 1.91 bits per heavy atom. The summed E-state index contributed by atoms with van der Waals surface area (Å²) in [5.41, 5.74) is 2.92. The molecule has 2 aromatic heterocycles. The van der Waals surface area contributed by atoms with Crippen LogP contribution >= 0.6 is 0 Å². The minimum Gasteiger partial charge on any atom is -0.456 e. The largest absolute Gasteiger partial charge is 0.456 e. The van der Waals surface area contributed by atoms with Gasteiger partial charge in [0.05, 0.1) is 39.1 Å². The predicted molar refractivity (Wildman–Crippen MR) is 138 cm³/mol. The molecule has 0 saturated heterocycles. The molecule has 2 heterocycles. The average molecular weight is 492 g/mol. The van der Waals surface area contributed by atoms with Crippen molar-refractivity contribution >= 4 is 32.2 Å². The van der Waals surface area contributed by atoms with E-state index in [1.54, 1.807) is 36.7 Å². The van der Waals surface area contributed by atoms with Gasteiger partial charge in [-0.05, 0) is 69.2 Å². The summed E-state index contributed by atoms with van der Waals surface area (Å²) in [5.74, 6) is 1.07. The third-order valence-corrected chi connectivity index (χ3v) is 6.65. The number of hydrogen-bond donors (Lipinski definition) is 2. The number of amides is 1. The van der Waals surface area contributed by atoms with Crippen molar-refractivity contribution < 1.29 is 13.7 Å². The van der Waals surface area contributed by atoms with Gasteiger partial charge in [0, 0.05) is 28.9 Å². The van der Waals surface area contributed by atoms with Crippen molar-refractivity contribution in [2.45, 2.75) is 44.6 Å². The van der Waals surface area contributed by atoms with Gasteiger partial charge in [-0.25, -0.2) is 8.99 Å². The molecule has 1 unspecified atom stereocenters. The van der Waals surface area contributed by atoms with Gasteiger partial charge in [0.1, 0.15) is 11.5 Å². The number of aromatic nitrogens is 3. The van der Waals surface area contributed by atoms with Gasteiger partial charge in [0.25, 0.3) is 0 Å². The Hall–Kier alpha value is -3.72. The molecule has 0 spiro atoms. The number of carbonyl (C=O) groups is 1. The standard InChI is InChI=1S/C26H29N5O3S/c1-17-12-18(13-25(32)30-19-15-29-31(16-19)26(2,3)4)6-9-23(17)34-24-10-11-28-22-8-7-20(14-21(22)24)35(5,27)33/h6-12,14-16,27H,13H2,1-5H3,(H,30,32). The predicted octanol–water partition coefficient (Wildman–Crippen LogP) is 5.50. The summed E-state index contributed by atoms with van der Waals surface area (Å²) < 4.78 is 28.1. The van der Waals surface area contributed by atoms with Gasteiger partial charge in [-0.2, -0.15) is 5.10 Å². The van der Waals surface area contributed by atoms with Crippen LogP contribution in [-0.2, 0) is 26.5 Å². The number of hydrogen-bond acceptors (Lipinski definition) is 6. The summed E-state index contributed by atoms with van der Waals surface area (Å²) in [7, 11) is -2.86. The highest BCUT2D eigenvalue weighted by Crippen LogP contribution is 2.32. The molecular weight excluding hydrogens is 462 g/mol. The monoisotopic (exact) mass is 491 g/mol. The molecule has 1 amide bonds. The zero-order valence-corrected chi connectivity index (χ0v) is 21.3. The lowest BCUT2D eigenvalue weighted by Crippen LogP contribution is -2.22. The lowest BCUT2D eigenvalue weighted by molar-refractivity contribution is -0.115. The smallest absolute Gasteiger partial charge is 0.228 e. The van der Waals surface area contributed by atoms with Gasteiger partial charge in [0.15, 0.2) is 0 Å². The Bertz CT molecular complexity index is 1520. The van der Waals surface area contributed by atoms with Crippen molar-refractivity contribution in [3.8, 4) is 11.5 Å². The van der Waals surface area contributed by atoms with Crippen LogP contribution in [0.25, 0.3) is 10.9 Å². The zero-order chi connectivity index (χ0) is 25.4. The van der Waals surface area contributed by atoms with Gasteiger partial charge >= 0.3 is 0 Å². The number of nitrogens with zero attached hydrogens (tertiary/aromatic N) is 3. The van der Waals surface area contributed by atoms with E-state index in [0.717, 1.165) is 11.1 Å². The normalized spacial score (nSPS) is 13.4. The fraction of sp³-hybridized carbons (Fsp3) is 0.269. The number of carbonyl (C=O) groups excluding carboxylic acids is 1. The highest BCUT2D eigenvalue weighted by molar-refractivity contribution is 7.91. The molecule has 0 aliphatic carbocycles. The van der Waals surface area contributed by atoms with Crippen LogP contribution in [0.2, 0.25) is 0 Å². The van der Waals surface area contributed by atoms with Gasteiger partial charge in [-0.1, -0.05) is 12.1 Å².